The Bertz CT molecular complexity index is 984. The van der Waals surface area contributed by atoms with E-state index in [0.717, 1.165) is 13.0 Å². The first-order valence-electron chi connectivity index (χ1n) is 9.80. The Hall–Kier alpha value is -2.16. The molecular weight excluding hydrogens is 558 g/mol. The summed E-state index contributed by atoms with van der Waals surface area (Å²) in [5.74, 6) is -4.55. The number of hydrogen-bond donors (Lipinski definition) is 4. The lowest BCUT2D eigenvalue weighted by Crippen LogP contribution is -2.47. The molecular formula is C21H25F3IN3O5. The van der Waals surface area contributed by atoms with Gasteiger partial charge in [-0.1, -0.05) is 19.0 Å². The predicted molar refractivity (Wildman–Crippen MR) is 124 cm³/mol. The monoisotopic (exact) mass is 583 g/mol. The summed E-state index contributed by atoms with van der Waals surface area (Å²) in [6.07, 6.45) is 0.944. The number of rotatable bonds is 10. The van der Waals surface area contributed by atoms with Gasteiger partial charge in [0.25, 0.3) is 5.91 Å². The van der Waals surface area contributed by atoms with E-state index in [-0.39, 0.29) is 31.1 Å². The summed E-state index contributed by atoms with van der Waals surface area (Å²) in [5, 5.41) is 24.2. The number of benzene rings is 1. The lowest BCUT2D eigenvalue weighted by Gasteiger charge is -2.35. The van der Waals surface area contributed by atoms with Crippen LogP contribution in [0.5, 0.6) is 0 Å². The largest absolute Gasteiger partial charge is 0.396 e. The summed E-state index contributed by atoms with van der Waals surface area (Å²) in [5.41, 5.74) is -1.98. The average Bonchev–Trinajstić information content (AvgIpc) is 2.76. The third-order valence-corrected chi connectivity index (χ3v) is 5.31. The number of nitrogens with one attached hydrogen (secondary N) is 2. The number of oxime groups is 1. The summed E-state index contributed by atoms with van der Waals surface area (Å²) in [7, 11) is 0. The molecule has 1 atom stereocenters. The standard InChI is InChI=1S/C21H25F3IN3O5/c1-20(2,10-30)11-33-27-16-9-13(19(31)28-32-7-6-29)21(3,18(24)17(16)23)26-15-5-4-12(25)8-14(15)22/h4-5,8-9,26,29-30H,6-7,10-11H2,1-3H3,(H,28,31)/b27-16+. The fraction of sp³-hybridized carbons (Fsp3) is 0.429. The highest BCUT2D eigenvalue weighted by Crippen LogP contribution is 2.38. The van der Waals surface area contributed by atoms with Crippen LogP contribution >= 0.6 is 22.6 Å². The third kappa shape index (κ3) is 6.68. The molecule has 1 aliphatic carbocycles. The molecule has 1 aliphatic rings. The van der Waals surface area contributed by atoms with Crippen LogP contribution in [0.4, 0.5) is 18.9 Å². The fourth-order valence-corrected chi connectivity index (χ4v) is 3.13. The smallest absolute Gasteiger partial charge is 0.273 e. The second-order valence-corrected chi connectivity index (χ2v) is 9.38. The number of carbonyl (C=O) groups excluding carboxylic acids is 1. The van der Waals surface area contributed by atoms with Gasteiger partial charge in [0.1, 0.15) is 23.7 Å². The minimum absolute atomic E-state index is 0.111. The molecule has 4 N–H and O–H groups in total. The Morgan fingerprint density at radius 1 is 1.27 bits per heavy atom. The second-order valence-electron chi connectivity index (χ2n) is 8.14. The van der Waals surface area contributed by atoms with Crippen molar-refractivity contribution in [2.75, 3.05) is 31.7 Å². The quantitative estimate of drug-likeness (QED) is 0.192. The third-order valence-electron chi connectivity index (χ3n) is 4.64. The van der Waals surface area contributed by atoms with E-state index in [2.05, 4.69) is 10.5 Å². The van der Waals surface area contributed by atoms with Crippen molar-refractivity contribution in [3.8, 4) is 0 Å². The van der Waals surface area contributed by atoms with Crippen molar-refractivity contribution in [1.82, 2.24) is 5.48 Å². The maximum atomic E-state index is 15.3. The van der Waals surface area contributed by atoms with Crippen LogP contribution < -0.4 is 10.8 Å². The Morgan fingerprint density at radius 3 is 2.58 bits per heavy atom. The zero-order valence-electron chi connectivity index (χ0n) is 18.2. The normalized spacial score (nSPS) is 20.0. The van der Waals surface area contributed by atoms with Crippen molar-refractivity contribution in [3.05, 3.63) is 50.9 Å². The minimum Gasteiger partial charge on any atom is -0.396 e. The first-order valence-corrected chi connectivity index (χ1v) is 10.9. The number of hydrogen-bond acceptors (Lipinski definition) is 7. The Kier molecular flexibility index (Phi) is 9.29. The lowest BCUT2D eigenvalue weighted by atomic mass is 9.83. The molecule has 8 nitrogen and oxygen atoms in total. The number of nitrogens with zero attached hydrogens (tertiary/aromatic N) is 1. The second kappa shape index (κ2) is 11.3. The van der Waals surface area contributed by atoms with Crippen LogP contribution in [-0.2, 0) is 14.5 Å². The van der Waals surface area contributed by atoms with E-state index in [1.165, 1.54) is 12.1 Å². The van der Waals surface area contributed by atoms with E-state index in [0.29, 0.717) is 3.57 Å². The topological polar surface area (TPSA) is 112 Å². The molecule has 182 valence electrons. The van der Waals surface area contributed by atoms with Crippen molar-refractivity contribution in [2.24, 2.45) is 10.6 Å². The van der Waals surface area contributed by atoms with Gasteiger partial charge in [-0.3, -0.25) is 9.63 Å². The molecule has 0 aliphatic heterocycles. The molecule has 0 saturated carbocycles. The highest BCUT2D eigenvalue weighted by molar-refractivity contribution is 14.1. The van der Waals surface area contributed by atoms with Crippen LogP contribution in [-0.4, -0.2) is 53.8 Å². The van der Waals surface area contributed by atoms with Gasteiger partial charge in [0.05, 0.1) is 31.1 Å². The summed E-state index contributed by atoms with van der Waals surface area (Å²) in [4.78, 5) is 22.6. The van der Waals surface area contributed by atoms with Gasteiger partial charge in [0, 0.05) is 8.99 Å². The van der Waals surface area contributed by atoms with Crippen molar-refractivity contribution in [3.63, 3.8) is 0 Å². The number of hydroxylamine groups is 1. The van der Waals surface area contributed by atoms with Gasteiger partial charge in [-0.25, -0.2) is 18.7 Å². The van der Waals surface area contributed by atoms with Gasteiger partial charge in [-0.2, -0.15) is 0 Å². The van der Waals surface area contributed by atoms with Crippen LogP contribution in [0.25, 0.3) is 0 Å². The van der Waals surface area contributed by atoms with E-state index in [4.69, 9.17) is 14.8 Å². The van der Waals surface area contributed by atoms with Crippen molar-refractivity contribution < 1.29 is 37.9 Å². The van der Waals surface area contributed by atoms with E-state index in [9.17, 15) is 18.7 Å². The molecule has 0 spiro atoms. The molecule has 2 rings (SSSR count). The number of aliphatic hydroxyl groups excluding tert-OH is 2. The van der Waals surface area contributed by atoms with E-state index in [1.54, 1.807) is 19.9 Å². The molecule has 0 heterocycles. The van der Waals surface area contributed by atoms with Gasteiger partial charge in [-0.15, -0.1) is 0 Å². The van der Waals surface area contributed by atoms with E-state index >= 15 is 4.39 Å². The first-order chi connectivity index (χ1) is 15.4. The van der Waals surface area contributed by atoms with Crippen LogP contribution in [0, 0.1) is 14.8 Å². The Labute approximate surface area is 202 Å². The molecule has 12 heteroatoms. The Morgan fingerprint density at radius 2 is 1.97 bits per heavy atom. The van der Waals surface area contributed by atoms with Gasteiger partial charge >= 0.3 is 0 Å². The highest BCUT2D eigenvalue weighted by Gasteiger charge is 2.45. The molecule has 0 aromatic heterocycles. The molecule has 0 bridgehead atoms. The predicted octanol–water partition coefficient (Wildman–Crippen LogP) is 3.12. The number of halogens is 4. The number of anilines is 1. The molecule has 1 unspecified atom stereocenters. The maximum absolute atomic E-state index is 15.3. The van der Waals surface area contributed by atoms with Crippen LogP contribution in [0.2, 0.25) is 0 Å². The maximum Gasteiger partial charge on any atom is 0.273 e. The number of amides is 1. The van der Waals surface area contributed by atoms with Gasteiger partial charge in [0.15, 0.2) is 11.7 Å². The zero-order chi connectivity index (χ0) is 24.8. The van der Waals surface area contributed by atoms with Crippen LogP contribution in [0.3, 0.4) is 0 Å². The number of aliphatic hydroxyl groups is 2. The van der Waals surface area contributed by atoms with E-state index in [1.807, 2.05) is 28.1 Å². The highest BCUT2D eigenvalue weighted by atomic mass is 127. The van der Waals surface area contributed by atoms with Crippen molar-refractivity contribution >= 4 is 39.9 Å². The minimum atomic E-state index is -2.13. The summed E-state index contributed by atoms with van der Waals surface area (Å²) >= 11 is 1.89. The van der Waals surface area contributed by atoms with Gasteiger partial charge in [-0.05, 0) is 53.8 Å². The SMILES string of the molecule is CC(C)(CO)CO/N=C1\C=C(C(=O)NOCCO)C(C)(Nc2ccc(I)cc2F)C(F)=C1F. The first kappa shape index (κ1) is 27.1. The van der Waals surface area contributed by atoms with E-state index < -0.39 is 46.7 Å². The van der Waals surface area contributed by atoms with Crippen molar-refractivity contribution in [1.29, 1.82) is 0 Å². The molecule has 1 aromatic rings. The molecule has 0 radical (unpaired) electrons. The van der Waals surface area contributed by atoms with Gasteiger partial charge in [0.2, 0.25) is 0 Å². The van der Waals surface area contributed by atoms with Crippen LogP contribution in [0.15, 0.2) is 46.7 Å². The molecule has 1 aromatic carbocycles. The number of carbonyl (C=O) groups is 1. The number of allylic oxidation sites excluding steroid dienone is 2. The lowest BCUT2D eigenvalue weighted by molar-refractivity contribution is -0.130. The summed E-state index contributed by atoms with van der Waals surface area (Å²) in [6, 6.07) is 4.06. The molecule has 0 saturated heterocycles. The molecule has 1 amide bonds. The Balaban J connectivity index is 2.47. The van der Waals surface area contributed by atoms with Crippen molar-refractivity contribution in [2.45, 2.75) is 26.3 Å². The van der Waals surface area contributed by atoms with Gasteiger partial charge < -0.3 is 20.4 Å². The zero-order valence-corrected chi connectivity index (χ0v) is 20.4. The van der Waals surface area contributed by atoms with Crippen LogP contribution in [0.1, 0.15) is 20.8 Å². The average molecular weight is 583 g/mol. The summed E-state index contributed by atoms with van der Waals surface area (Å²) in [6.45, 7) is 3.51. The molecule has 0 fully saturated rings. The fourth-order valence-electron chi connectivity index (χ4n) is 2.68. The molecule has 33 heavy (non-hydrogen) atoms. The summed E-state index contributed by atoms with van der Waals surface area (Å²) < 4.78 is 45.3.